The van der Waals surface area contributed by atoms with Crippen molar-refractivity contribution in [1.29, 1.82) is 0 Å². The zero-order chi connectivity index (χ0) is 14.7. The van der Waals surface area contributed by atoms with Crippen molar-refractivity contribution in [2.45, 2.75) is 6.54 Å². The molecular weight excluding hydrogens is 286 g/mol. The van der Waals surface area contributed by atoms with E-state index in [9.17, 15) is 0 Å². The van der Waals surface area contributed by atoms with Gasteiger partial charge in [-0.3, -0.25) is 0 Å². The van der Waals surface area contributed by atoms with Gasteiger partial charge in [0.2, 0.25) is 5.28 Å². The van der Waals surface area contributed by atoms with Crippen molar-refractivity contribution in [2.75, 3.05) is 12.4 Å². The molecule has 0 fully saturated rings. The van der Waals surface area contributed by atoms with Gasteiger partial charge in [0, 0.05) is 11.9 Å². The first kappa shape index (κ1) is 13.6. The van der Waals surface area contributed by atoms with Crippen LogP contribution in [-0.2, 0) is 6.54 Å². The standard InChI is InChI=1S/C16H14ClN3O/c1-21-12-8-6-11(7-9-12)10-18-15-13-4-2-3-5-14(13)19-16(17)20-15/h2-9H,10H2,1H3,(H,18,19,20). The van der Waals surface area contributed by atoms with Crippen LogP contribution in [0.5, 0.6) is 5.75 Å². The summed E-state index contributed by atoms with van der Waals surface area (Å²) in [6.07, 6.45) is 0. The first-order chi connectivity index (χ1) is 10.3. The molecule has 1 aromatic heterocycles. The summed E-state index contributed by atoms with van der Waals surface area (Å²) in [5.74, 6) is 1.58. The highest BCUT2D eigenvalue weighted by Gasteiger charge is 2.05. The Bertz CT molecular complexity index is 759. The van der Waals surface area contributed by atoms with Crippen LogP contribution < -0.4 is 10.1 Å². The van der Waals surface area contributed by atoms with Crippen molar-refractivity contribution in [3.63, 3.8) is 0 Å². The normalized spacial score (nSPS) is 10.6. The van der Waals surface area contributed by atoms with E-state index in [2.05, 4.69) is 15.3 Å². The zero-order valence-corrected chi connectivity index (χ0v) is 12.3. The molecule has 106 valence electrons. The molecular formula is C16H14ClN3O. The van der Waals surface area contributed by atoms with Gasteiger partial charge in [0.05, 0.1) is 12.6 Å². The largest absolute Gasteiger partial charge is 0.497 e. The van der Waals surface area contributed by atoms with Gasteiger partial charge in [-0.15, -0.1) is 0 Å². The van der Waals surface area contributed by atoms with Gasteiger partial charge in [0.25, 0.3) is 0 Å². The van der Waals surface area contributed by atoms with E-state index in [0.29, 0.717) is 6.54 Å². The van der Waals surface area contributed by atoms with E-state index in [-0.39, 0.29) is 5.28 Å². The Labute approximate surface area is 127 Å². The van der Waals surface area contributed by atoms with Gasteiger partial charge < -0.3 is 10.1 Å². The van der Waals surface area contributed by atoms with Crippen molar-refractivity contribution in [3.8, 4) is 5.75 Å². The van der Waals surface area contributed by atoms with E-state index in [4.69, 9.17) is 16.3 Å². The van der Waals surface area contributed by atoms with Crippen LogP contribution in [0.4, 0.5) is 5.82 Å². The fourth-order valence-corrected chi connectivity index (χ4v) is 2.29. The summed E-state index contributed by atoms with van der Waals surface area (Å²) in [5.41, 5.74) is 1.96. The monoisotopic (exact) mass is 299 g/mol. The molecule has 21 heavy (non-hydrogen) atoms. The summed E-state index contributed by atoms with van der Waals surface area (Å²) < 4.78 is 5.15. The fourth-order valence-electron chi connectivity index (χ4n) is 2.11. The Morgan fingerprint density at radius 1 is 1.05 bits per heavy atom. The van der Waals surface area contributed by atoms with Crippen LogP contribution in [0.25, 0.3) is 10.9 Å². The number of halogens is 1. The lowest BCUT2D eigenvalue weighted by molar-refractivity contribution is 0.414. The number of ether oxygens (including phenoxy) is 1. The number of hydrogen-bond acceptors (Lipinski definition) is 4. The van der Waals surface area contributed by atoms with Crippen LogP contribution in [0.1, 0.15) is 5.56 Å². The van der Waals surface area contributed by atoms with E-state index in [1.165, 1.54) is 0 Å². The number of nitrogens with one attached hydrogen (secondary N) is 1. The number of rotatable bonds is 4. The van der Waals surface area contributed by atoms with Crippen molar-refractivity contribution in [3.05, 3.63) is 59.4 Å². The third-order valence-corrected chi connectivity index (χ3v) is 3.36. The van der Waals surface area contributed by atoms with E-state index >= 15 is 0 Å². The molecule has 0 unspecified atom stereocenters. The minimum absolute atomic E-state index is 0.242. The molecule has 0 amide bonds. The Kier molecular flexibility index (Phi) is 3.88. The van der Waals surface area contributed by atoms with Gasteiger partial charge in [-0.05, 0) is 41.4 Å². The lowest BCUT2D eigenvalue weighted by atomic mass is 10.2. The maximum absolute atomic E-state index is 5.97. The van der Waals surface area contributed by atoms with Crippen molar-refractivity contribution < 1.29 is 4.74 Å². The minimum Gasteiger partial charge on any atom is -0.497 e. The van der Waals surface area contributed by atoms with Crippen LogP contribution in [0.2, 0.25) is 5.28 Å². The highest BCUT2D eigenvalue weighted by Crippen LogP contribution is 2.22. The molecule has 5 heteroatoms. The lowest BCUT2D eigenvalue weighted by Gasteiger charge is -2.09. The van der Waals surface area contributed by atoms with Crippen molar-refractivity contribution in [1.82, 2.24) is 9.97 Å². The van der Waals surface area contributed by atoms with Crippen LogP contribution >= 0.6 is 11.6 Å². The van der Waals surface area contributed by atoms with Gasteiger partial charge >= 0.3 is 0 Å². The van der Waals surface area contributed by atoms with E-state index in [1.807, 2.05) is 48.5 Å². The second-order valence-electron chi connectivity index (χ2n) is 4.56. The number of benzene rings is 2. The topological polar surface area (TPSA) is 47.0 Å². The Balaban J connectivity index is 1.84. The predicted octanol–water partition coefficient (Wildman–Crippen LogP) is 3.90. The number of para-hydroxylation sites is 1. The number of anilines is 1. The second-order valence-corrected chi connectivity index (χ2v) is 4.90. The summed E-state index contributed by atoms with van der Waals surface area (Å²) in [5, 5.41) is 4.50. The number of hydrogen-bond donors (Lipinski definition) is 1. The molecule has 0 bridgehead atoms. The third-order valence-electron chi connectivity index (χ3n) is 3.19. The van der Waals surface area contributed by atoms with Crippen LogP contribution in [0, 0.1) is 0 Å². The Hall–Kier alpha value is -2.33. The van der Waals surface area contributed by atoms with Gasteiger partial charge in [0.1, 0.15) is 11.6 Å². The number of fused-ring (bicyclic) bond motifs is 1. The summed E-state index contributed by atoms with van der Waals surface area (Å²) in [6.45, 7) is 0.654. The molecule has 2 aromatic carbocycles. The number of aromatic nitrogens is 2. The summed E-state index contributed by atoms with van der Waals surface area (Å²) in [7, 11) is 1.66. The maximum Gasteiger partial charge on any atom is 0.224 e. The van der Waals surface area contributed by atoms with Crippen molar-refractivity contribution in [2.24, 2.45) is 0 Å². The van der Waals surface area contributed by atoms with Gasteiger partial charge in [-0.25, -0.2) is 9.97 Å². The highest BCUT2D eigenvalue weighted by molar-refractivity contribution is 6.28. The molecule has 0 aliphatic rings. The summed E-state index contributed by atoms with van der Waals surface area (Å²) in [6, 6.07) is 15.7. The van der Waals surface area contributed by atoms with Gasteiger partial charge in [-0.1, -0.05) is 24.3 Å². The molecule has 0 saturated carbocycles. The van der Waals surface area contributed by atoms with Crippen LogP contribution in [0.3, 0.4) is 0 Å². The highest BCUT2D eigenvalue weighted by atomic mass is 35.5. The smallest absolute Gasteiger partial charge is 0.224 e. The molecule has 0 aliphatic carbocycles. The third kappa shape index (κ3) is 3.06. The van der Waals surface area contributed by atoms with E-state index < -0.39 is 0 Å². The zero-order valence-electron chi connectivity index (χ0n) is 11.5. The number of methoxy groups -OCH3 is 1. The van der Waals surface area contributed by atoms with Gasteiger partial charge in [-0.2, -0.15) is 0 Å². The molecule has 3 rings (SSSR count). The molecule has 0 radical (unpaired) electrons. The van der Waals surface area contributed by atoms with Gasteiger partial charge in [0.15, 0.2) is 0 Å². The fraction of sp³-hybridized carbons (Fsp3) is 0.125. The Morgan fingerprint density at radius 3 is 2.57 bits per heavy atom. The van der Waals surface area contributed by atoms with E-state index in [0.717, 1.165) is 28.0 Å². The molecule has 0 spiro atoms. The minimum atomic E-state index is 0.242. The second kappa shape index (κ2) is 5.97. The molecule has 0 aliphatic heterocycles. The molecule has 1 N–H and O–H groups in total. The average molecular weight is 300 g/mol. The quantitative estimate of drug-likeness (QED) is 0.742. The molecule has 0 saturated heterocycles. The molecule has 0 atom stereocenters. The predicted molar refractivity (Wildman–Crippen MR) is 84.9 cm³/mol. The number of nitrogens with zero attached hydrogens (tertiary/aromatic N) is 2. The first-order valence-corrected chi connectivity index (χ1v) is 6.93. The first-order valence-electron chi connectivity index (χ1n) is 6.55. The van der Waals surface area contributed by atoms with Crippen molar-refractivity contribution >= 4 is 28.3 Å². The van der Waals surface area contributed by atoms with Crippen LogP contribution in [0.15, 0.2) is 48.5 Å². The molecule has 1 heterocycles. The maximum atomic E-state index is 5.97. The lowest BCUT2D eigenvalue weighted by Crippen LogP contribution is -2.03. The Morgan fingerprint density at radius 2 is 1.81 bits per heavy atom. The van der Waals surface area contributed by atoms with E-state index in [1.54, 1.807) is 7.11 Å². The molecule has 4 nitrogen and oxygen atoms in total. The molecule has 3 aromatic rings. The SMILES string of the molecule is COc1ccc(CNc2nc(Cl)nc3ccccc23)cc1. The van der Waals surface area contributed by atoms with Crippen LogP contribution in [-0.4, -0.2) is 17.1 Å². The summed E-state index contributed by atoms with van der Waals surface area (Å²) in [4.78, 5) is 8.48. The average Bonchev–Trinajstić information content (AvgIpc) is 2.53. The summed E-state index contributed by atoms with van der Waals surface area (Å²) >= 11 is 5.97.